The van der Waals surface area contributed by atoms with Crippen LogP contribution in [0.2, 0.25) is 0 Å². The summed E-state index contributed by atoms with van der Waals surface area (Å²) in [5, 5.41) is 6.52. The Morgan fingerprint density at radius 2 is 1.85 bits per heavy atom. The van der Waals surface area contributed by atoms with Crippen LogP contribution in [0.25, 0.3) is 0 Å². The summed E-state index contributed by atoms with van der Waals surface area (Å²) in [4.78, 5) is 42.0. The number of benzene rings is 1. The Bertz CT molecular complexity index is 1220. The van der Waals surface area contributed by atoms with Gasteiger partial charge in [0, 0.05) is 24.7 Å². The second-order valence-electron chi connectivity index (χ2n) is 11.6. The lowest BCUT2D eigenvalue weighted by molar-refractivity contribution is -0.120. The van der Waals surface area contributed by atoms with Crippen LogP contribution in [-0.2, 0) is 4.79 Å². The van der Waals surface area contributed by atoms with Crippen LogP contribution in [0.4, 0.5) is 23.1 Å². The average Bonchev–Trinajstić information content (AvgIpc) is 3.47. The molecule has 0 radical (unpaired) electrons. The van der Waals surface area contributed by atoms with Crippen molar-refractivity contribution >= 4 is 35.0 Å². The molecule has 1 atom stereocenters. The lowest BCUT2D eigenvalue weighted by atomic mass is 10.0. The molecule has 216 valence electrons. The lowest BCUT2D eigenvalue weighted by Crippen LogP contribution is -2.55. The van der Waals surface area contributed by atoms with Crippen LogP contribution in [0.5, 0.6) is 5.75 Å². The predicted octanol–water partition coefficient (Wildman–Crippen LogP) is 4.34. The SMILES string of the molecule is CC[C@@H]1C(=O)N(C)c2cnc(Nc3ccc(C(=O)NC4CCN(C)CC4)cc3OC(C)C)nc2N1C1CCCC1. The van der Waals surface area contributed by atoms with Gasteiger partial charge in [-0.25, -0.2) is 4.98 Å². The maximum Gasteiger partial charge on any atom is 0.251 e. The summed E-state index contributed by atoms with van der Waals surface area (Å²) >= 11 is 0. The first-order chi connectivity index (χ1) is 19.2. The van der Waals surface area contributed by atoms with Gasteiger partial charge < -0.3 is 30.1 Å². The Balaban J connectivity index is 1.41. The van der Waals surface area contributed by atoms with Crippen molar-refractivity contribution in [2.75, 3.05) is 42.3 Å². The van der Waals surface area contributed by atoms with Crippen molar-refractivity contribution in [1.29, 1.82) is 0 Å². The number of fused-ring (bicyclic) bond motifs is 1. The van der Waals surface area contributed by atoms with Crippen molar-refractivity contribution in [2.24, 2.45) is 0 Å². The zero-order valence-corrected chi connectivity index (χ0v) is 24.4. The number of hydrogen-bond donors (Lipinski definition) is 2. The highest BCUT2D eigenvalue weighted by Crippen LogP contribution is 2.40. The first-order valence-corrected chi connectivity index (χ1v) is 14.7. The van der Waals surface area contributed by atoms with Crippen LogP contribution < -0.4 is 25.2 Å². The van der Waals surface area contributed by atoms with Crippen molar-refractivity contribution in [1.82, 2.24) is 20.2 Å². The largest absolute Gasteiger partial charge is 0.489 e. The number of hydrogen-bond acceptors (Lipinski definition) is 8. The molecule has 1 saturated heterocycles. The first kappa shape index (κ1) is 28.1. The van der Waals surface area contributed by atoms with Crippen molar-refractivity contribution < 1.29 is 14.3 Å². The van der Waals surface area contributed by atoms with Gasteiger partial charge in [-0.15, -0.1) is 0 Å². The summed E-state index contributed by atoms with van der Waals surface area (Å²) in [7, 11) is 3.91. The van der Waals surface area contributed by atoms with Crippen molar-refractivity contribution in [3.05, 3.63) is 30.0 Å². The monoisotopic (exact) mass is 549 g/mol. The van der Waals surface area contributed by atoms with E-state index in [2.05, 4.69) is 39.4 Å². The van der Waals surface area contributed by atoms with Crippen LogP contribution in [0.3, 0.4) is 0 Å². The van der Waals surface area contributed by atoms with Crippen LogP contribution in [-0.4, -0.2) is 78.1 Å². The molecule has 40 heavy (non-hydrogen) atoms. The average molecular weight is 550 g/mol. The Morgan fingerprint density at radius 3 is 2.52 bits per heavy atom. The van der Waals surface area contributed by atoms with Gasteiger partial charge >= 0.3 is 0 Å². The van der Waals surface area contributed by atoms with E-state index >= 15 is 0 Å². The summed E-state index contributed by atoms with van der Waals surface area (Å²) in [6, 6.07) is 5.69. The van der Waals surface area contributed by atoms with Crippen molar-refractivity contribution in [3.8, 4) is 5.75 Å². The van der Waals surface area contributed by atoms with Gasteiger partial charge in [0.15, 0.2) is 5.82 Å². The molecule has 10 nitrogen and oxygen atoms in total. The molecule has 3 heterocycles. The summed E-state index contributed by atoms with van der Waals surface area (Å²) in [5.74, 6) is 1.78. The van der Waals surface area contributed by atoms with E-state index in [-0.39, 0.29) is 30.0 Å². The van der Waals surface area contributed by atoms with Crippen LogP contribution in [0.1, 0.15) is 76.1 Å². The summed E-state index contributed by atoms with van der Waals surface area (Å²) in [6.45, 7) is 7.95. The van der Waals surface area contributed by atoms with Gasteiger partial charge in [-0.05, 0) is 84.3 Å². The smallest absolute Gasteiger partial charge is 0.251 e. The number of carbonyl (C=O) groups is 2. The Hall–Kier alpha value is -3.40. The molecule has 2 aromatic rings. The number of likely N-dealkylation sites (N-methyl/N-ethyl adjacent to an activating group) is 1. The van der Waals surface area contributed by atoms with Gasteiger partial charge in [0.2, 0.25) is 11.9 Å². The zero-order valence-electron chi connectivity index (χ0n) is 24.4. The van der Waals surface area contributed by atoms with Gasteiger partial charge in [-0.2, -0.15) is 4.98 Å². The minimum atomic E-state index is -0.231. The van der Waals surface area contributed by atoms with E-state index in [0.717, 1.165) is 56.7 Å². The third kappa shape index (κ3) is 5.87. The molecule has 10 heteroatoms. The number of nitrogens with zero attached hydrogens (tertiary/aromatic N) is 5. The number of aromatic nitrogens is 2. The fourth-order valence-corrected chi connectivity index (χ4v) is 6.10. The Morgan fingerprint density at radius 1 is 1.12 bits per heavy atom. The molecule has 5 rings (SSSR count). The van der Waals surface area contributed by atoms with Crippen molar-refractivity contribution in [3.63, 3.8) is 0 Å². The molecule has 0 bridgehead atoms. The summed E-state index contributed by atoms with van der Waals surface area (Å²) in [5.41, 5.74) is 1.97. The van der Waals surface area contributed by atoms with E-state index in [4.69, 9.17) is 9.72 Å². The normalized spacial score (nSPS) is 20.6. The molecule has 2 aliphatic heterocycles. The number of ether oxygens (including phenoxy) is 1. The lowest BCUT2D eigenvalue weighted by Gasteiger charge is -2.43. The Labute approximate surface area is 237 Å². The van der Waals surface area contributed by atoms with E-state index in [0.29, 0.717) is 29.0 Å². The van der Waals surface area contributed by atoms with Crippen molar-refractivity contribution in [2.45, 2.75) is 89.9 Å². The van der Waals surface area contributed by atoms with Crippen LogP contribution >= 0.6 is 0 Å². The fourth-order valence-electron chi connectivity index (χ4n) is 6.10. The molecule has 1 aromatic heterocycles. The van der Waals surface area contributed by atoms with Crippen LogP contribution in [0, 0.1) is 0 Å². The van der Waals surface area contributed by atoms with E-state index in [1.165, 1.54) is 12.8 Å². The van der Waals surface area contributed by atoms with E-state index in [1.807, 2.05) is 26.0 Å². The highest BCUT2D eigenvalue weighted by atomic mass is 16.5. The van der Waals surface area contributed by atoms with E-state index < -0.39 is 0 Å². The number of nitrogens with one attached hydrogen (secondary N) is 2. The first-order valence-electron chi connectivity index (χ1n) is 14.7. The highest BCUT2D eigenvalue weighted by molar-refractivity contribution is 6.04. The summed E-state index contributed by atoms with van der Waals surface area (Å²) in [6.07, 6.45) is 8.72. The van der Waals surface area contributed by atoms with Gasteiger partial charge in [-0.1, -0.05) is 19.8 Å². The number of carbonyl (C=O) groups excluding carboxylic acids is 2. The zero-order chi connectivity index (χ0) is 28.4. The fraction of sp³-hybridized carbons (Fsp3) is 0.600. The molecule has 1 aliphatic carbocycles. The third-order valence-electron chi connectivity index (χ3n) is 8.32. The molecular weight excluding hydrogens is 506 g/mol. The molecule has 1 saturated carbocycles. The topological polar surface area (TPSA) is 103 Å². The summed E-state index contributed by atoms with van der Waals surface area (Å²) < 4.78 is 6.13. The molecule has 1 aromatic carbocycles. The molecule has 2 amide bonds. The minimum Gasteiger partial charge on any atom is -0.489 e. The van der Waals surface area contributed by atoms with Crippen LogP contribution in [0.15, 0.2) is 24.4 Å². The minimum absolute atomic E-state index is 0.0833. The second kappa shape index (κ2) is 12.0. The maximum absolute atomic E-state index is 13.2. The predicted molar refractivity (Wildman–Crippen MR) is 158 cm³/mol. The molecule has 3 aliphatic rings. The molecule has 2 fully saturated rings. The van der Waals surface area contributed by atoms with Gasteiger partial charge in [0.1, 0.15) is 17.5 Å². The maximum atomic E-state index is 13.2. The Kier molecular flexibility index (Phi) is 8.44. The number of rotatable bonds is 8. The number of amides is 2. The van der Waals surface area contributed by atoms with Gasteiger partial charge in [0.25, 0.3) is 5.91 Å². The van der Waals surface area contributed by atoms with E-state index in [9.17, 15) is 9.59 Å². The molecule has 0 unspecified atom stereocenters. The number of likely N-dealkylation sites (tertiary alicyclic amines) is 1. The molecule has 0 spiro atoms. The highest BCUT2D eigenvalue weighted by Gasteiger charge is 2.41. The molecular formula is C30H43N7O3. The van der Waals surface area contributed by atoms with Gasteiger partial charge in [-0.3, -0.25) is 9.59 Å². The van der Waals surface area contributed by atoms with Gasteiger partial charge in [0.05, 0.1) is 18.0 Å². The van der Waals surface area contributed by atoms with E-state index in [1.54, 1.807) is 24.2 Å². The number of anilines is 4. The molecule has 2 N–H and O–H groups in total. The quantitative estimate of drug-likeness (QED) is 0.502. The number of piperidine rings is 1. The standard InChI is InChI=1S/C30H43N7O3/c1-6-24-29(39)36(5)25-18-31-30(34-27(25)37(24)22-9-7-8-10-22)33-23-12-11-20(17-26(23)40-19(2)3)28(38)32-21-13-15-35(4)16-14-21/h11-12,17-19,21-22,24H,6-10,13-16H2,1-5H3,(H,32,38)(H,31,33,34)/t24-/m1/s1. The second-order valence-corrected chi connectivity index (χ2v) is 11.6. The third-order valence-corrected chi connectivity index (χ3v) is 8.32.